The van der Waals surface area contributed by atoms with Gasteiger partial charge in [0.15, 0.2) is 0 Å². The van der Waals surface area contributed by atoms with E-state index in [1.54, 1.807) is 12.3 Å². The lowest BCUT2D eigenvalue weighted by molar-refractivity contribution is 0.0527. The first kappa shape index (κ1) is 11.0. The van der Waals surface area contributed by atoms with Crippen LogP contribution in [0, 0.1) is 0 Å². The van der Waals surface area contributed by atoms with Crippen molar-refractivity contribution in [1.29, 1.82) is 0 Å². The second-order valence-electron chi connectivity index (χ2n) is 4.20. The van der Waals surface area contributed by atoms with E-state index < -0.39 is 0 Å². The molecule has 2 heterocycles. The molecule has 1 aromatic rings. The molecule has 1 amide bonds. The average Bonchev–Trinajstić information content (AvgIpc) is 2.29. The van der Waals surface area contributed by atoms with Crippen LogP contribution in [0.1, 0.15) is 17.4 Å². The lowest BCUT2D eigenvalue weighted by atomic mass is 10.2. The van der Waals surface area contributed by atoms with Gasteiger partial charge in [0, 0.05) is 31.9 Å². The van der Waals surface area contributed by atoms with E-state index in [9.17, 15) is 4.79 Å². The van der Waals surface area contributed by atoms with E-state index in [1.165, 1.54) is 6.33 Å². The van der Waals surface area contributed by atoms with Crippen LogP contribution >= 0.6 is 0 Å². The van der Waals surface area contributed by atoms with Crippen LogP contribution in [0.5, 0.6) is 0 Å². The van der Waals surface area contributed by atoms with Gasteiger partial charge in [-0.1, -0.05) is 0 Å². The van der Waals surface area contributed by atoms with Gasteiger partial charge in [0.2, 0.25) is 0 Å². The number of carbonyl (C=O) groups is 1. The molecule has 0 bridgehead atoms. The second-order valence-corrected chi connectivity index (χ2v) is 4.20. The standard InChI is InChI=1S/C11H16N4O/c1-9-7-14(2)5-6-15(9)11(16)10-3-4-12-8-13-10/h3-4,8-9H,5-7H2,1-2H3. The molecule has 0 N–H and O–H groups in total. The van der Waals surface area contributed by atoms with Crippen LogP contribution in [0.3, 0.4) is 0 Å². The van der Waals surface area contributed by atoms with Crippen molar-refractivity contribution in [3.63, 3.8) is 0 Å². The van der Waals surface area contributed by atoms with E-state index in [2.05, 4.69) is 28.8 Å². The Morgan fingerprint density at radius 3 is 2.94 bits per heavy atom. The van der Waals surface area contributed by atoms with Gasteiger partial charge in [-0.3, -0.25) is 4.79 Å². The van der Waals surface area contributed by atoms with Crippen LogP contribution in [0.25, 0.3) is 0 Å². The van der Waals surface area contributed by atoms with Gasteiger partial charge in [0.1, 0.15) is 12.0 Å². The number of amides is 1. The number of rotatable bonds is 1. The summed E-state index contributed by atoms with van der Waals surface area (Å²) in [5, 5.41) is 0. The zero-order valence-corrected chi connectivity index (χ0v) is 9.63. The minimum absolute atomic E-state index is 0.00278. The zero-order valence-electron chi connectivity index (χ0n) is 9.63. The second kappa shape index (κ2) is 4.57. The summed E-state index contributed by atoms with van der Waals surface area (Å²) in [6.45, 7) is 4.66. The van der Waals surface area contributed by atoms with E-state index in [0.29, 0.717) is 5.69 Å². The van der Waals surface area contributed by atoms with E-state index in [0.717, 1.165) is 19.6 Å². The SMILES string of the molecule is CC1CN(C)CCN1C(=O)c1ccncn1. The molecule has 0 spiro atoms. The molecule has 1 saturated heterocycles. The number of piperazine rings is 1. The van der Waals surface area contributed by atoms with Crippen molar-refractivity contribution in [3.05, 3.63) is 24.3 Å². The lowest BCUT2D eigenvalue weighted by Gasteiger charge is -2.37. The molecule has 5 heteroatoms. The summed E-state index contributed by atoms with van der Waals surface area (Å²) in [6, 6.07) is 1.90. The number of hydrogen-bond donors (Lipinski definition) is 0. The van der Waals surface area contributed by atoms with Gasteiger partial charge < -0.3 is 9.80 Å². The summed E-state index contributed by atoms with van der Waals surface area (Å²) in [7, 11) is 2.07. The van der Waals surface area contributed by atoms with E-state index in [1.807, 2.05) is 4.90 Å². The number of hydrogen-bond acceptors (Lipinski definition) is 4. The van der Waals surface area contributed by atoms with Crippen LogP contribution in [0.4, 0.5) is 0 Å². The Kier molecular flexibility index (Phi) is 3.14. The van der Waals surface area contributed by atoms with Crippen LogP contribution in [-0.2, 0) is 0 Å². The highest BCUT2D eigenvalue weighted by Gasteiger charge is 2.26. The Labute approximate surface area is 95.1 Å². The van der Waals surface area contributed by atoms with E-state index in [-0.39, 0.29) is 11.9 Å². The number of aromatic nitrogens is 2. The highest BCUT2D eigenvalue weighted by atomic mass is 16.2. The maximum atomic E-state index is 12.1. The molecule has 0 radical (unpaired) electrons. The van der Waals surface area contributed by atoms with E-state index in [4.69, 9.17) is 0 Å². The van der Waals surface area contributed by atoms with Crippen LogP contribution < -0.4 is 0 Å². The lowest BCUT2D eigenvalue weighted by Crippen LogP contribution is -2.52. The highest BCUT2D eigenvalue weighted by Crippen LogP contribution is 2.11. The van der Waals surface area contributed by atoms with Gasteiger partial charge in [-0.25, -0.2) is 9.97 Å². The molecule has 1 aliphatic heterocycles. The zero-order chi connectivity index (χ0) is 11.5. The number of nitrogens with zero attached hydrogens (tertiary/aromatic N) is 4. The molecule has 1 aromatic heterocycles. The normalized spacial score (nSPS) is 22.1. The molecule has 1 unspecified atom stereocenters. The van der Waals surface area contributed by atoms with Crippen molar-refractivity contribution in [2.75, 3.05) is 26.7 Å². The molecule has 86 valence electrons. The predicted octanol–water partition coefficient (Wildman–Crippen LogP) is 0.253. The molecule has 1 fully saturated rings. The molecule has 0 aromatic carbocycles. The summed E-state index contributed by atoms with van der Waals surface area (Å²) >= 11 is 0. The van der Waals surface area contributed by atoms with Crippen LogP contribution in [-0.4, -0.2) is 58.4 Å². The maximum absolute atomic E-state index is 12.1. The predicted molar refractivity (Wildman–Crippen MR) is 60.0 cm³/mol. The van der Waals surface area contributed by atoms with Crippen molar-refractivity contribution < 1.29 is 4.79 Å². The summed E-state index contributed by atoms with van der Waals surface area (Å²) in [5.41, 5.74) is 0.478. The van der Waals surface area contributed by atoms with Crippen LogP contribution in [0.15, 0.2) is 18.6 Å². The Hall–Kier alpha value is -1.49. The fourth-order valence-electron chi connectivity index (χ4n) is 2.01. The molecular formula is C11H16N4O. The highest BCUT2D eigenvalue weighted by molar-refractivity contribution is 5.92. The van der Waals surface area contributed by atoms with Gasteiger partial charge >= 0.3 is 0 Å². The quantitative estimate of drug-likeness (QED) is 0.681. The Bertz CT molecular complexity index is 368. The molecule has 1 atom stereocenters. The third-order valence-corrected chi connectivity index (χ3v) is 2.89. The third kappa shape index (κ3) is 2.19. The Morgan fingerprint density at radius 1 is 1.50 bits per heavy atom. The monoisotopic (exact) mass is 220 g/mol. The summed E-state index contributed by atoms with van der Waals surface area (Å²) in [6.07, 6.45) is 3.01. The molecular weight excluding hydrogens is 204 g/mol. The smallest absolute Gasteiger partial charge is 0.272 e. The van der Waals surface area contributed by atoms with Gasteiger partial charge in [0.05, 0.1) is 0 Å². The maximum Gasteiger partial charge on any atom is 0.272 e. The van der Waals surface area contributed by atoms with E-state index >= 15 is 0 Å². The van der Waals surface area contributed by atoms with Gasteiger partial charge in [-0.05, 0) is 20.0 Å². The summed E-state index contributed by atoms with van der Waals surface area (Å²) in [5.74, 6) is 0.00278. The topological polar surface area (TPSA) is 49.3 Å². The first-order valence-electron chi connectivity index (χ1n) is 5.44. The van der Waals surface area contributed by atoms with Gasteiger partial charge in [0.25, 0.3) is 5.91 Å². The van der Waals surface area contributed by atoms with Gasteiger partial charge in [-0.2, -0.15) is 0 Å². The first-order chi connectivity index (χ1) is 7.68. The molecule has 0 saturated carbocycles. The summed E-state index contributed by atoms with van der Waals surface area (Å²) in [4.78, 5) is 24.0. The van der Waals surface area contributed by atoms with Crippen molar-refractivity contribution >= 4 is 5.91 Å². The molecule has 16 heavy (non-hydrogen) atoms. The largest absolute Gasteiger partial charge is 0.332 e. The molecule has 5 nitrogen and oxygen atoms in total. The number of carbonyl (C=O) groups excluding carboxylic acids is 1. The minimum Gasteiger partial charge on any atom is -0.332 e. The van der Waals surface area contributed by atoms with Crippen molar-refractivity contribution in [3.8, 4) is 0 Å². The van der Waals surface area contributed by atoms with Crippen molar-refractivity contribution in [2.45, 2.75) is 13.0 Å². The minimum atomic E-state index is 0.00278. The first-order valence-corrected chi connectivity index (χ1v) is 5.44. The average molecular weight is 220 g/mol. The molecule has 2 rings (SSSR count). The molecule has 1 aliphatic rings. The van der Waals surface area contributed by atoms with Crippen molar-refractivity contribution in [2.24, 2.45) is 0 Å². The Balaban J connectivity index is 2.11. The molecule has 0 aliphatic carbocycles. The van der Waals surface area contributed by atoms with Crippen LogP contribution in [0.2, 0.25) is 0 Å². The van der Waals surface area contributed by atoms with Crippen molar-refractivity contribution in [1.82, 2.24) is 19.8 Å². The Morgan fingerprint density at radius 2 is 2.31 bits per heavy atom. The fourth-order valence-corrected chi connectivity index (χ4v) is 2.01. The fraction of sp³-hybridized carbons (Fsp3) is 0.545. The summed E-state index contributed by atoms with van der Waals surface area (Å²) < 4.78 is 0. The van der Waals surface area contributed by atoms with Gasteiger partial charge in [-0.15, -0.1) is 0 Å². The number of likely N-dealkylation sites (N-methyl/N-ethyl adjacent to an activating group) is 1. The third-order valence-electron chi connectivity index (χ3n) is 2.89.